The number of fused-ring (bicyclic) bond motifs is 1. The Morgan fingerprint density at radius 3 is 2.95 bits per heavy atom. The largest absolute Gasteiger partial charge is 0.385 e. The van der Waals surface area contributed by atoms with Crippen molar-refractivity contribution in [3.8, 4) is 0 Å². The molecule has 1 aliphatic rings. The van der Waals surface area contributed by atoms with E-state index in [1.54, 1.807) is 4.90 Å². The molecule has 1 aromatic rings. The number of carbonyl (C=O) groups excluding carboxylic acids is 1. The van der Waals surface area contributed by atoms with Crippen molar-refractivity contribution in [3.63, 3.8) is 0 Å². The summed E-state index contributed by atoms with van der Waals surface area (Å²) in [5.74, 6) is 0.0757. The van der Waals surface area contributed by atoms with Crippen LogP contribution in [0.1, 0.15) is 44.2 Å². The molecule has 1 unspecified atom stereocenters. The molecule has 0 aliphatic carbocycles. The summed E-state index contributed by atoms with van der Waals surface area (Å²) >= 11 is 0. The van der Waals surface area contributed by atoms with Crippen molar-refractivity contribution in [2.75, 3.05) is 25.5 Å². The Labute approximate surface area is 133 Å². The minimum atomic E-state index is -0.316. The summed E-state index contributed by atoms with van der Waals surface area (Å²) in [7, 11) is 1.86. The molecule has 2 rings (SSSR count). The summed E-state index contributed by atoms with van der Waals surface area (Å²) in [4.78, 5) is 14.2. The lowest BCUT2D eigenvalue weighted by Gasteiger charge is -2.24. The van der Waals surface area contributed by atoms with Crippen LogP contribution in [0.3, 0.4) is 0 Å². The molecule has 0 bridgehead atoms. The number of ether oxygens (including phenoxy) is 1. The lowest BCUT2D eigenvalue weighted by molar-refractivity contribution is -0.143. The number of benzene rings is 1. The van der Waals surface area contributed by atoms with Crippen LogP contribution >= 0.6 is 0 Å². The van der Waals surface area contributed by atoms with Gasteiger partial charge < -0.3 is 15.0 Å². The number of hydrogen-bond acceptors (Lipinski definition) is 3. The molecule has 4 heteroatoms. The molecule has 122 valence electrons. The number of aryl methyl sites for hydroxylation is 1. The summed E-state index contributed by atoms with van der Waals surface area (Å²) in [6.45, 7) is 6.39. The summed E-state index contributed by atoms with van der Waals surface area (Å²) in [5.41, 5.74) is 3.78. The minimum absolute atomic E-state index is 0.0757. The maximum Gasteiger partial charge on any atom is 0.251 e. The Morgan fingerprint density at radius 2 is 2.23 bits per heavy atom. The fourth-order valence-electron chi connectivity index (χ4n) is 2.85. The quantitative estimate of drug-likeness (QED) is 0.841. The highest BCUT2D eigenvalue weighted by Gasteiger charge is 2.21. The molecule has 0 fully saturated rings. The fourth-order valence-corrected chi connectivity index (χ4v) is 2.85. The van der Waals surface area contributed by atoms with Crippen LogP contribution in [0, 0.1) is 0 Å². The van der Waals surface area contributed by atoms with E-state index in [1.807, 2.05) is 14.0 Å². The summed E-state index contributed by atoms with van der Waals surface area (Å²) in [6, 6.07) is 6.46. The molecule has 0 spiro atoms. The van der Waals surface area contributed by atoms with Gasteiger partial charge in [-0.3, -0.25) is 4.79 Å². The van der Waals surface area contributed by atoms with Crippen LogP contribution in [-0.2, 0) is 22.5 Å². The highest BCUT2D eigenvalue weighted by atomic mass is 16.5. The van der Waals surface area contributed by atoms with Gasteiger partial charge in [-0.05, 0) is 42.9 Å². The van der Waals surface area contributed by atoms with E-state index >= 15 is 0 Å². The van der Waals surface area contributed by atoms with Gasteiger partial charge in [0.05, 0.1) is 0 Å². The first-order valence-corrected chi connectivity index (χ1v) is 8.38. The zero-order chi connectivity index (χ0) is 15.9. The fraction of sp³-hybridized carbons (Fsp3) is 0.611. The van der Waals surface area contributed by atoms with Gasteiger partial charge in [-0.2, -0.15) is 0 Å². The third-order valence-corrected chi connectivity index (χ3v) is 4.07. The normalized spacial score (nSPS) is 14.9. The van der Waals surface area contributed by atoms with Gasteiger partial charge in [0.2, 0.25) is 0 Å². The number of nitrogens with zero attached hydrogens (tertiary/aromatic N) is 1. The van der Waals surface area contributed by atoms with Gasteiger partial charge in [0.1, 0.15) is 6.10 Å². The van der Waals surface area contributed by atoms with E-state index in [9.17, 15) is 4.79 Å². The molecular weight excluding hydrogens is 276 g/mol. The zero-order valence-corrected chi connectivity index (χ0v) is 14.0. The van der Waals surface area contributed by atoms with Crippen LogP contribution in [0.25, 0.3) is 0 Å². The standard InChI is InChI=1S/C18H28N2O2/c1-4-11-22-17(5-2)18(21)20(3)13-14-8-9-16-15(12-14)7-6-10-19-16/h8-9,12,17,19H,4-7,10-11,13H2,1-3H3. The van der Waals surface area contributed by atoms with E-state index in [1.165, 1.54) is 23.2 Å². The highest BCUT2D eigenvalue weighted by Crippen LogP contribution is 2.23. The second-order valence-corrected chi connectivity index (χ2v) is 5.98. The Hall–Kier alpha value is -1.55. The van der Waals surface area contributed by atoms with Crippen LogP contribution < -0.4 is 5.32 Å². The molecule has 1 atom stereocenters. The molecule has 0 radical (unpaired) electrons. The highest BCUT2D eigenvalue weighted by molar-refractivity contribution is 5.80. The molecule has 4 nitrogen and oxygen atoms in total. The topological polar surface area (TPSA) is 41.6 Å². The Kier molecular flexibility index (Phi) is 6.25. The van der Waals surface area contributed by atoms with Gasteiger partial charge in [0, 0.05) is 32.4 Å². The molecule has 1 heterocycles. The first kappa shape index (κ1) is 16.8. The number of nitrogens with one attached hydrogen (secondary N) is 1. The first-order valence-electron chi connectivity index (χ1n) is 8.38. The number of likely N-dealkylation sites (N-methyl/N-ethyl adjacent to an activating group) is 1. The SMILES string of the molecule is CCCOC(CC)C(=O)N(C)Cc1ccc2c(c1)CCCN2. The van der Waals surface area contributed by atoms with Crippen molar-refractivity contribution in [1.82, 2.24) is 4.90 Å². The smallest absolute Gasteiger partial charge is 0.251 e. The van der Waals surface area contributed by atoms with Crippen LogP contribution in [-0.4, -0.2) is 37.1 Å². The maximum atomic E-state index is 12.5. The molecular formula is C18H28N2O2. The van der Waals surface area contributed by atoms with Crippen molar-refractivity contribution in [3.05, 3.63) is 29.3 Å². The summed E-state index contributed by atoms with van der Waals surface area (Å²) in [6.07, 6.45) is 3.63. The number of hydrogen-bond donors (Lipinski definition) is 1. The second kappa shape index (κ2) is 8.18. The van der Waals surface area contributed by atoms with E-state index in [0.717, 1.165) is 25.8 Å². The van der Waals surface area contributed by atoms with E-state index < -0.39 is 0 Å². The van der Waals surface area contributed by atoms with Crippen LogP contribution in [0.5, 0.6) is 0 Å². The Morgan fingerprint density at radius 1 is 1.41 bits per heavy atom. The van der Waals surface area contributed by atoms with Crippen LogP contribution in [0.4, 0.5) is 5.69 Å². The van der Waals surface area contributed by atoms with Gasteiger partial charge in [-0.1, -0.05) is 26.0 Å². The predicted molar refractivity (Wildman–Crippen MR) is 90.0 cm³/mol. The van der Waals surface area contributed by atoms with Crippen molar-refractivity contribution in [1.29, 1.82) is 0 Å². The monoisotopic (exact) mass is 304 g/mol. The zero-order valence-electron chi connectivity index (χ0n) is 14.0. The third-order valence-electron chi connectivity index (χ3n) is 4.07. The van der Waals surface area contributed by atoms with E-state index in [-0.39, 0.29) is 12.0 Å². The second-order valence-electron chi connectivity index (χ2n) is 5.98. The summed E-state index contributed by atoms with van der Waals surface area (Å²) < 4.78 is 5.65. The van der Waals surface area contributed by atoms with E-state index in [4.69, 9.17) is 4.74 Å². The molecule has 0 saturated heterocycles. The number of carbonyl (C=O) groups is 1. The lowest BCUT2D eigenvalue weighted by Crippen LogP contribution is -2.37. The molecule has 1 amide bonds. The van der Waals surface area contributed by atoms with Gasteiger partial charge >= 0.3 is 0 Å². The van der Waals surface area contributed by atoms with Gasteiger partial charge in [-0.15, -0.1) is 0 Å². The molecule has 1 N–H and O–H groups in total. The molecule has 1 aromatic carbocycles. The minimum Gasteiger partial charge on any atom is -0.385 e. The van der Waals surface area contributed by atoms with Crippen LogP contribution in [0.2, 0.25) is 0 Å². The van der Waals surface area contributed by atoms with Gasteiger partial charge in [0.15, 0.2) is 0 Å². The molecule has 0 aromatic heterocycles. The van der Waals surface area contributed by atoms with Gasteiger partial charge in [0.25, 0.3) is 5.91 Å². The molecule has 22 heavy (non-hydrogen) atoms. The lowest BCUT2D eigenvalue weighted by atomic mass is 10.0. The number of amides is 1. The number of anilines is 1. The van der Waals surface area contributed by atoms with Crippen molar-refractivity contribution >= 4 is 11.6 Å². The van der Waals surface area contributed by atoms with E-state index in [2.05, 4.69) is 30.4 Å². The van der Waals surface area contributed by atoms with Crippen LogP contribution in [0.15, 0.2) is 18.2 Å². The predicted octanol–water partition coefficient (Wildman–Crippen LogP) is 3.21. The first-order chi connectivity index (χ1) is 10.7. The summed E-state index contributed by atoms with van der Waals surface area (Å²) in [5, 5.41) is 3.42. The van der Waals surface area contributed by atoms with Crippen molar-refractivity contribution in [2.45, 2.75) is 52.2 Å². The number of rotatable bonds is 7. The maximum absolute atomic E-state index is 12.5. The average molecular weight is 304 g/mol. The average Bonchev–Trinajstić information content (AvgIpc) is 2.55. The molecule has 0 saturated carbocycles. The van der Waals surface area contributed by atoms with E-state index in [0.29, 0.717) is 13.2 Å². The molecule has 1 aliphatic heterocycles. The Bertz CT molecular complexity index is 502. The van der Waals surface area contributed by atoms with Crippen molar-refractivity contribution < 1.29 is 9.53 Å². The Balaban J connectivity index is 1.98. The third kappa shape index (κ3) is 4.23. The van der Waals surface area contributed by atoms with Crippen molar-refractivity contribution in [2.24, 2.45) is 0 Å². The van der Waals surface area contributed by atoms with Gasteiger partial charge in [-0.25, -0.2) is 0 Å².